The van der Waals surface area contributed by atoms with Gasteiger partial charge >= 0.3 is 118 Å². The first-order valence-electron chi connectivity index (χ1n) is 6.82. The summed E-state index contributed by atoms with van der Waals surface area (Å²) in [6.07, 6.45) is 7.45. The second kappa shape index (κ2) is 7.94. The molecule has 0 radical (unpaired) electrons. The van der Waals surface area contributed by atoms with E-state index in [0.29, 0.717) is 0 Å². The standard InChI is InChI=1S/2C7H9.C3H6.2ClH.Ti/c2*1-6-4-3-5-7(6)2;1-3-2;;;/h2*4H,5H2,1-2H3;1-2H3;2*1H;/q;;;;;+2/p-2. The number of halogens is 2. The summed E-state index contributed by atoms with van der Waals surface area (Å²) >= 11 is -1.32. The van der Waals surface area contributed by atoms with Crippen LogP contribution in [0, 0.1) is 0 Å². The maximum atomic E-state index is 2.49. The van der Waals surface area contributed by atoms with Gasteiger partial charge in [0.1, 0.15) is 0 Å². The monoisotopic (exact) mass is 346 g/mol. The van der Waals surface area contributed by atoms with Crippen molar-refractivity contribution in [1.29, 1.82) is 0 Å². The van der Waals surface area contributed by atoms with E-state index in [1.165, 1.54) is 24.0 Å². The molecule has 2 rings (SSSR count). The molecule has 0 aromatic heterocycles. The van der Waals surface area contributed by atoms with Crippen LogP contribution in [0.1, 0.15) is 54.4 Å². The molecule has 0 unspecified atom stereocenters. The van der Waals surface area contributed by atoms with Crippen molar-refractivity contribution in [2.75, 3.05) is 0 Å². The van der Waals surface area contributed by atoms with Crippen LogP contribution >= 0.6 is 0 Å². The Hall–Kier alpha value is 0.124. The van der Waals surface area contributed by atoms with E-state index in [-0.39, 0.29) is 24.8 Å². The number of hydrogen-bond donors (Lipinski definition) is 0. The molecule has 0 aromatic carbocycles. The Morgan fingerprint density at radius 1 is 0.800 bits per heavy atom. The summed E-state index contributed by atoms with van der Waals surface area (Å²) in [5.74, 6) is 0. The molecule has 0 heterocycles. The molecule has 110 valence electrons. The fourth-order valence-electron chi connectivity index (χ4n) is 2.89. The number of hydrogen-bond acceptors (Lipinski definition) is 0. The first-order valence-corrected chi connectivity index (χ1v) is 9.16. The van der Waals surface area contributed by atoms with Crippen molar-refractivity contribution < 1.29 is 42.2 Å². The van der Waals surface area contributed by atoms with Gasteiger partial charge in [-0.3, -0.25) is 0 Å². The largest absolute Gasteiger partial charge is 1.00 e. The quantitative estimate of drug-likeness (QED) is 0.567. The summed E-state index contributed by atoms with van der Waals surface area (Å²) in [4.78, 5) is 0. The second-order valence-corrected chi connectivity index (χ2v) is 10.7. The third-order valence-electron chi connectivity index (χ3n) is 4.18. The molecule has 0 bridgehead atoms. The number of allylic oxidation sites excluding steroid dienone is 8. The van der Waals surface area contributed by atoms with Crippen LogP contribution < -0.4 is 24.8 Å². The Balaban J connectivity index is 0.00000180. The van der Waals surface area contributed by atoms with Crippen molar-refractivity contribution in [2.24, 2.45) is 0 Å². The van der Waals surface area contributed by atoms with Gasteiger partial charge in [0.2, 0.25) is 0 Å². The Kier molecular flexibility index (Phi) is 7.99. The second-order valence-electron chi connectivity index (χ2n) is 5.99. The first-order chi connectivity index (χ1) is 8.40. The molecule has 20 heavy (non-hydrogen) atoms. The Morgan fingerprint density at radius 3 is 1.35 bits per heavy atom. The SMILES string of the molecule is CC1=C(C)C[C]([Ti+2]([C]2=CC(C)=C(C)C2)=[C](C)C)=C1.[Cl-].[Cl-]. The van der Waals surface area contributed by atoms with Crippen molar-refractivity contribution in [3.8, 4) is 0 Å². The van der Waals surface area contributed by atoms with Gasteiger partial charge in [-0.1, -0.05) is 0 Å². The summed E-state index contributed by atoms with van der Waals surface area (Å²) in [5, 5.41) is 0. The molecular formula is C17H24Cl2Ti. The Labute approximate surface area is 142 Å². The third kappa shape index (κ3) is 4.07. The smallest absolute Gasteiger partial charge is 1.00 e. The fraction of sp³-hybridized carbons (Fsp3) is 0.471. The molecule has 0 N–H and O–H groups in total. The Bertz CT molecular complexity index is 510. The molecule has 0 amide bonds. The van der Waals surface area contributed by atoms with Gasteiger partial charge in [0.25, 0.3) is 0 Å². The molecule has 0 atom stereocenters. The molecule has 2 aliphatic carbocycles. The molecule has 0 nitrogen and oxygen atoms in total. The van der Waals surface area contributed by atoms with E-state index in [9.17, 15) is 0 Å². The zero-order valence-corrected chi connectivity index (χ0v) is 16.4. The minimum Gasteiger partial charge on any atom is -1.00 e. The van der Waals surface area contributed by atoms with Crippen LogP contribution in [0.25, 0.3) is 0 Å². The van der Waals surface area contributed by atoms with Crippen LogP contribution in [-0.4, -0.2) is 3.81 Å². The maximum Gasteiger partial charge on any atom is -1.00 e. The van der Waals surface area contributed by atoms with Crippen LogP contribution in [0.2, 0.25) is 0 Å². The molecule has 0 saturated carbocycles. The van der Waals surface area contributed by atoms with Crippen molar-refractivity contribution in [3.63, 3.8) is 0 Å². The first kappa shape index (κ1) is 20.1. The molecule has 0 aromatic rings. The molecule has 2 aliphatic rings. The summed E-state index contributed by atoms with van der Waals surface area (Å²) in [6, 6.07) is 0. The fourth-order valence-corrected chi connectivity index (χ4v) is 8.05. The minimum absolute atomic E-state index is 0. The van der Waals surface area contributed by atoms with Gasteiger partial charge in [-0.2, -0.15) is 0 Å². The van der Waals surface area contributed by atoms with E-state index in [1.54, 1.807) is 22.7 Å². The summed E-state index contributed by atoms with van der Waals surface area (Å²) in [7, 11) is 0. The van der Waals surface area contributed by atoms with Gasteiger partial charge in [-0.15, -0.1) is 0 Å². The average molecular weight is 347 g/mol. The third-order valence-corrected chi connectivity index (χ3v) is 8.75. The van der Waals surface area contributed by atoms with Crippen LogP contribution in [0.15, 0.2) is 42.2 Å². The van der Waals surface area contributed by atoms with E-state index in [0.717, 1.165) is 0 Å². The predicted molar refractivity (Wildman–Crippen MR) is 78.5 cm³/mol. The summed E-state index contributed by atoms with van der Waals surface area (Å²) in [5.41, 5.74) is 6.18. The average Bonchev–Trinajstić information content (AvgIpc) is 2.73. The molecule has 3 heteroatoms. The molecule has 0 spiro atoms. The van der Waals surface area contributed by atoms with Gasteiger partial charge in [-0.25, -0.2) is 0 Å². The topological polar surface area (TPSA) is 0 Å². The van der Waals surface area contributed by atoms with Crippen LogP contribution in [0.5, 0.6) is 0 Å². The van der Waals surface area contributed by atoms with E-state index in [4.69, 9.17) is 0 Å². The normalized spacial score (nSPS) is 17.1. The van der Waals surface area contributed by atoms with Gasteiger partial charge in [0.15, 0.2) is 0 Å². The molecule has 0 aliphatic heterocycles. The van der Waals surface area contributed by atoms with E-state index in [2.05, 4.69) is 53.7 Å². The summed E-state index contributed by atoms with van der Waals surface area (Å²) in [6.45, 7) is 13.8. The molecular weight excluding hydrogens is 323 g/mol. The van der Waals surface area contributed by atoms with Crippen molar-refractivity contribution in [1.82, 2.24) is 0 Å². The summed E-state index contributed by atoms with van der Waals surface area (Å²) < 4.78 is 5.22. The molecule has 0 saturated heterocycles. The van der Waals surface area contributed by atoms with Crippen molar-refractivity contribution >= 4 is 3.81 Å². The number of rotatable bonds is 2. The molecule has 0 fully saturated rings. The van der Waals surface area contributed by atoms with Crippen LogP contribution in [0.3, 0.4) is 0 Å². The zero-order valence-electron chi connectivity index (χ0n) is 13.3. The van der Waals surface area contributed by atoms with Crippen LogP contribution in [0.4, 0.5) is 0 Å². The van der Waals surface area contributed by atoms with Gasteiger partial charge in [0, 0.05) is 0 Å². The van der Waals surface area contributed by atoms with Crippen molar-refractivity contribution in [2.45, 2.75) is 54.4 Å². The van der Waals surface area contributed by atoms with Crippen molar-refractivity contribution in [3.05, 3.63) is 42.2 Å². The predicted octanol–water partition coefficient (Wildman–Crippen LogP) is -0.927. The van der Waals surface area contributed by atoms with Gasteiger partial charge in [0.05, 0.1) is 0 Å². The van der Waals surface area contributed by atoms with E-state index in [1.807, 2.05) is 0 Å². The van der Waals surface area contributed by atoms with Gasteiger partial charge < -0.3 is 24.8 Å². The zero-order chi connectivity index (χ0) is 13.4. The minimum atomic E-state index is -1.32. The van der Waals surface area contributed by atoms with Gasteiger partial charge in [-0.05, 0) is 0 Å². The van der Waals surface area contributed by atoms with Crippen LogP contribution in [-0.2, 0) is 17.4 Å². The van der Waals surface area contributed by atoms with E-state index < -0.39 is 17.4 Å². The Morgan fingerprint density at radius 2 is 1.15 bits per heavy atom. The van der Waals surface area contributed by atoms with E-state index >= 15 is 0 Å². The maximum absolute atomic E-state index is 2.49.